The Bertz CT molecular complexity index is 442. The molecule has 112 valence electrons. The summed E-state index contributed by atoms with van der Waals surface area (Å²) in [4.78, 5) is 0. The molecule has 5 heteroatoms. The summed E-state index contributed by atoms with van der Waals surface area (Å²) in [6, 6.07) is 0.884. The van der Waals surface area contributed by atoms with Crippen molar-refractivity contribution in [2.24, 2.45) is 0 Å². The Morgan fingerprint density at radius 3 is 3.30 bits per heavy atom. The van der Waals surface area contributed by atoms with Gasteiger partial charge in [0.05, 0.1) is 17.8 Å². The van der Waals surface area contributed by atoms with Gasteiger partial charge in [-0.25, -0.2) is 0 Å². The number of nitrogens with zero attached hydrogens (tertiary/aromatic N) is 2. The average Bonchev–Trinajstić information content (AvgIpc) is 3.09. The van der Waals surface area contributed by atoms with Crippen molar-refractivity contribution in [2.75, 3.05) is 24.7 Å². The summed E-state index contributed by atoms with van der Waals surface area (Å²) in [7, 11) is 0. The zero-order chi connectivity index (χ0) is 14.0. The molecule has 0 aliphatic carbocycles. The predicted octanol–water partition coefficient (Wildman–Crippen LogP) is 2.78. The van der Waals surface area contributed by atoms with Gasteiger partial charge in [0.15, 0.2) is 0 Å². The molecule has 4 nitrogen and oxygen atoms in total. The van der Waals surface area contributed by atoms with Crippen LogP contribution in [0.4, 0.5) is 0 Å². The molecule has 0 aromatic carbocycles. The minimum absolute atomic E-state index is 0.132. The van der Waals surface area contributed by atoms with E-state index in [1.54, 1.807) is 0 Å². The monoisotopic (exact) mass is 295 g/mol. The van der Waals surface area contributed by atoms with E-state index in [4.69, 9.17) is 4.74 Å². The summed E-state index contributed by atoms with van der Waals surface area (Å²) >= 11 is 2.03. The lowest BCUT2D eigenvalue weighted by molar-refractivity contribution is -0.0778. The van der Waals surface area contributed by atoms with Crippen LogP contribution in [0.5, 0.6) is 0 Å². The van der Waals surface area contributed by atoms with E-state index in [2.05, 4.69) is 35.1 Å². The minimum atomic E-state index is 0.132. The second-order valence-corrected chi connectivity index (χ2v) is 7.12. The van der Waals surface area contributed by atoms with Crippen molar-refractivity contribution in [3.05, 3.63) is 18.0 Å². The maximum atomic E-state index is 6.10. The maximum absolute atomic E-state index is 6.10. The van der Waals surface area contributed by atoms with Gasteiger partial charge in [0, 0.05) is 30.2 Å². The standard InChI is InChI=1S/C15H25N3OS/c1-3-16-12(2)13-9-17-18(10-13)14-4-6-19-15(8-14)5-7-20-11-15/h9-10,12,14,16H,3-8,11H2,1-2H3. The van der Waals surface area contributed by atoms with Gasteiger partial charge in [0.25, 0.3) is 0 Å². The second-order valence-electron chi connectivity index (χ2n) is 6.01. The van der Waals surface area contributed by atoms with Crippen molar-refractivity contribution < 1.29 is 4.74 Å². The van der Waals surface area contributed by atoms with Gasteiger partial charge in [-0.1, -0.05) is 6.92 Å². The summed E-state index contributed by atoms with van der Waals surface area (Å²) in [5.41, 5.74) is 1.42. The van der Waals surface area contributed by atoms with Gasteiger partial charge >= 0.3 is 0 Å². The molecule has 2 aliphatic heterocycles. The SMILES string of the molecule is CCNC(C)c1cnn(C2CCOC3(CCSC3)C2)c1. The molecule has 2 fully saturated rings. The highest BCUT2D eigenvalue weighted by atomic mass is 32.2. The third kappa shape index (κ3) is 2.90. The molecule has 1 aromatic rings. The number of thioether (sulfide) groups is 1. The molecule has 0 radical (unpaired) electrons. The quantitative estimate of drug-likeness (QED) is 0.927. The molecule has 0 saturated carbocycles. The number of hydrogen-bond acceptors (Lipinski definition) is 4. The van der Waals surface area contributed by atoms with E-state index in [-0.39, 0.29) is 5.60 Å². The zero-order valence-corrected chi connectivity index (χ0v) is 13.3. The highest BCUT2D eigenvalue weighted by molar-refractivity contribution is 7.99. The van der Waals surface area contributed by atoms with E-state index in [9.17, 15) is 0 Å². The first-order chi connectivity index (χ1) is 9.72. The zero-order valence-electron chi connectivity index (χ0n) is 12.5. The summed E-state index contributed by atoms with van der Waals surface area (Å²) in [5.74, 6) is 2.40. The van der Waals surface area contributed by atoms with Gasteiger partial charge in [-0.3, -0.25) is 4.68 Å². The normalized spacial score (nSPS) is 31.8. The van der Waals surface area contributed by atoms with Crippen LogP contribution < -0.4 is 5.32 Å². The largest absolute Gasteiger partial charge is 0.374 e. The van der Waals surface area contributed by atoms with Crippen molar-refractivity contribution in [3.63, 3.8) is 0 Å². The molecule has 3 heterocycles. The Hall–Kier alpha value is -0.520. The topological polar surface area (TPSA) is 39.1 Å². The minimum Gasteiger partial charge on any atom is -0.374 e. The number of nitrogens with one attached hydrogen (secondary N) is 1. The van der Waals surface area contributed by atoms with Crippen LogP contribution in [0.3, 0.4) is 0 Å². The highest BCUT2D eigenvalue weighted by Gasteiger charge is 2.41. The Balaban J connectivity index is 1.69. The third-order valence-electron chi connectivity index (χ3n) is 4.54. The Labute approximate surface area is 125 Å². The molecule has 2 saturated heterocycles. The van der Waals surface area contributed by atoms with E-state index >= 15 is 0 Å². The molecule has 2 aliphatic rings. The Morgan fingerprint density at radius 1 is 1.65 bits per heavy atom. The van der Waals surface area contributed by atoms with E-state index in [0.717, 1.165) is 31.7 Å². The van der Waals surface area contributed by atoms with E-state index in [0.29, 0.717) is 12.1 Å². The molecule has 3 unspecified atom stereocenters. The number of rotatable bonds is 4. The summed E-state index contributed by atoms with van der Waals surface area (Å²) in [5, 5.41) is 8.06. The van der Waals surface area contributed by atoms with Crippen LogP contribution >= 0.6 is 11.8 Å². The molecule has 3 rings (SSSR count). The van der Waals surface area contributed by atoms with Gasteiger partial charge in [0.2, 0.25) is 0 Å². The van der Waals surface area contributed by atoms with E-state index in [1.807, 2.05) is 18.0 Å². The molecule has 20 heavy (non-hydrogen) atoms. The summed E-state index contributed by atoms with van der Waals surface area (Å²) in [6.45, 7) is 6.21. The lowest BCUT2D eigenvalue weighted by Crippen LogP contribution is -2.40. The fraction of sp³-hybridized carbons (Fsp3) is 0.800. The third-order valence-corrected chi connectivity index (χ3v) is 5.76. The smallest absolute Gasteiger partial charge is 0.0800 e. The first-order valence-corrected chi connectivity index (χ1v) is 8.87. The molecule has 1 spiro atoms. The second kappa shape index (κ2) is 6.08. The van der Waals surface area contributed by atoms with Crippen LogP contribution in [0.1, 0.15) is 50.8 Å². The Morgan fingerprint density at radius 2 is 2.55 bits per heavy atom. The van der Waals surface area contributed by atoms with Crippen LogP contribution in [-0.4, -0.2) is 40.0 Å². The van der Waals surface area contributed by atoms with Crippen molar-refractivity contribution in [2.45, 2.75) is 50.8 Å². The van der Waals surface area contributed by atoms with Gasteiger partial charge in [-0.2, -0.15) is 16.9 Å². The maximum Gasteiger partial charge on any atom is 0.0800 e. The lowest BCUT2D eigenvalue weighted by atomic mass is 9.90. The molecule has 1 aromatic heterocycles. The Kier molecular flexibility index (Phi) is 4.38. The lowest BCUT2D eigenvalue weighted by Gasteiger charge is -2.37. The van der Waals surface area contributed by atoms with Crippen LogP contribution in [0.2, 0.25) is 0 Å². The predicted molar refractivity (Wildman–Crippen MR) is 83.2 cm³/mol. The average molecular weight is 295 g/mol. The van der Waals surface area contributed by atoms with E-state index in [1.165, 1.54) is 17.7 Å². The van der Waals surface area contributed by atoms with Crippen molar-refractivity contribution >= 4 is 11.8 Å². The number of aromatic nitrogens is 2. The fourth-order valence-electron chi connectivity index (χ4n) is 3.29. The molecular formula is C15H25N3OS. The van der Waals surface area contributed by atoms with Gasteiger partial charge in [0.1, 0.15) is 0 Å². The van der Waals surface area contributed by atoms with Crippen LogP contribution in [0.15, 0.2) is 12.4 Å². The first-order valence-electron chi connectivity index (χ1n) is 7.71. The summed E-state index contributed by atoms with van der Waals surface area (Å²) in [6.07, 6.45) is 7.65. The number of ether oxygens (including phenoxy) is 1. The molecular weight excluding hydrogens is 270 g/mol. The van der Waals surface area contributed by atoms with Gasteiger partial charge in [-0.05, 0) is 38.5 Å². The van der Waals surface area contributed by atoms with Crippen LogP contribution in [0, 0.1) is 0 Å². The van der Waals surface area contributed by atoms with Crippen LogP contribution in [-0.2, 0) is 4.74 Å². The van der Waals surface area contributed by atoms with Gasteiger partial charge in [-0.15, -0.1) is 0 Å². The van der Waals surface area contributed by atoms with Crippen molar-refractivity contribution in [1.82, 2.24) is 15.1 Å². The van der Waals surface area contributed by atoms with Crippen LogP contribution in [0.25, 0.3) is 0 Å². The molecule has 0 bridgehead atoms. The van der Waals surface area contributed by atoms with E-state index < -0.39 is 0 Å². The first kappa shape index (κ1) is 14.4. The van der Waals surface area contributed by atoms with Gasteiger partial charge < -0.3 is 10.1 Å². The fourth-order valence-corrected chi connectivity index (χ4v) is 4.67. The molecule has 0 amide bonds. The van der Waals surface area contributed by atoms with Crippen molar-refractivity contribution in [3.8, 4) is 0 Å². The molecule has 3 atom stereocenters. The van der Waals surface area contributed by atoms with Crippen molar-refractivity contribution in [1.29, 1.82) is 0 Å². The summed E-state index contributed by atoms with van der Waals surface area (Å²) < 4.78 is 8.27. The molecule has 1 N–H and O–H groups in total. The number of hydrogen-bond donors (Lipinski definition) is 1. The highest BCUT2D eigenvalue weighted by Crippen LogP contribution is 2.41.